The molecule has 0 atom stereocenters. The van der Waals surface area contributed by atoms with Crippen LogP contribution < -0.4 is 0 Å². The van der Waals surface area contributed by atoms with Crippen LogP contribution in [0.2, 0.25) is 39.3 Å². The van der Waals surface area contributed by atoms with Gasteiger partial charge in [-0.05, 0) is 6.42 Å². The summed E-state index contributed by atoms with van der Waals surface area (Å²) in [5.41, 5.74) is 3.32. The second kappa shape index (κ2) is 5.67. The molecule has 0 radical (unpaired) electrons. The van der Waals surface area contributed by atoms with E-state index in [1.54, 1.807) is 0 Å². The first-order valence-corrected chi connectivity index (χ1v) is 12.7. The Morgan fingerprint density at radius 1 is 1.07 bits per heavy atom. The molecule has 3 heteroatoms. The molecular formula is C12H24OSi2. The van der Waals surface area contributed by atoms with Gasteiger partial charge in [0.2, 0.25) is 0 Å². The lowest BCUT2D eigenvalue weighted by atomic mass is 10.2. The molecule has 0 bridgehead atoms. The average molecular weight is 240 g/mol. The van der Waals surface area contributed by atoms with Crippen LogP contribution in [0.3, 0.4) is 0 Å². The molecule has 86 valence electrons. The molecule has 1 nitrogen and oxygen atoms in total. The predicted octanol–water partition coefficient (Wildman–Crippen LogP) is 3.48. The Hall–Kier alpha value is -0.336. The molecule has 0 rings (SSSR count). The summed E-state index contributed by atoms with van der Waals surface area (Å²) in [5.74, 6) is 3.21. The molecule has 0 amide bonds. The van der Waals surface area contributed by atoms with E-state index < -0.39 is 16.1 Å². The molecule has 0 saturated heterocycles. The molecule has 0 saturated carbocycles. The highest BCUT2D eigenvalue weighted by Crippen LogP contribution is 2.08. The van der Waals surface area contributed by atoms with Crippen molar-refractivity contribution in [2.24, 2.45) is 0 Å². The monoisotopic (exact) mass is 240 g/mol. The second-order valence-electron chi connectivity index (χ2n) is 6.08. The van der Waals surface area contributed by atoms with Crippen LogP contribution >= 0.6 is 0 Å². The van der Waals surface area contributed by atoms with Crippen LogP contribution in [0.15, 0.2) is 0 Å². The minimum atomic E-state index is -1.54. The normalized spacial score (nSPS) is 11.9. The number of hydrogen-bond donors (Lipinski definition) is 0. The Bertz CT molecular complexity index is 271. The van der Waals surface area contributed by atoms with E-state index in [-0.39, 0.29) is 0 Å². The first kappa shape index (κ1) is 14.7. The van der Waals surface area contributed by atoms with E-state index in [1.165, 1.54) is 0 Å². The van der Waals surface area contributed by atoms with Crippen molar-refractivity contribution in [3.8, 4) is 11.5 Å². The van der Waals surface area contributed by atoms with Crippen LogP contribution in [0.5, 0.6) is 0 Å². The topological polar surface area (TPSA) is 17.1 Å². The van der Waals surface area contributed by atoms with Crippen molar-refractivity contribution in [3.63, 3.8) is 0 Å². The Morgan fingerprint density at radius 3 is 2.00 bits per heavy atom. The van der Waals surface area contributed by atoms with Crippen molar-refractivity contribution in [1.82, 2.24) is 0 Å². The zero-order valence-electron chi connectivity index (χ0n) is 11.0. The van der Waals surface area contributed by atoms with Gasteiger partial charge in [-0.15, -0.1) is 11.5 Å². The van der Waals surface area contributed by atoms with Gasteiger partial charge in [-0.2, -0.15) is 0 Å². The fraction of sp³-hybridized carbons (Fsp3) is 0.750. The number of carbonyl (C=O) groups is 1. The molecule has 0 aromatic rings. The van der Waals surface area contributed by atoms with Crippen molar-refractivity contribution in [1.29, 1.82) is 0 Å². The summed E-state index contributed by atoms with van der Waals surface area (Å²) in [6, 6.07) is 0. The molecule has 0 aliphatic rings. The number of hydrogen-bond acceptors (Lipinski definition) is 1. The Kier molecular flexibility index (Phi) is 5.54. The van der Waals surface area contributed by atoms with Crippen molar-refractivity contribution >= 4 is 21.6 Å². The summed E-state index contributed by atoms with van der Waals surface area (Å²) in [5, 5.41) is 0.484. The van der Waals surface area contributed by atoms with Crippen molar-refractivity contribution in [2.75, 3.05) is 0 Å². The highest BCUT2D eigenvalue weighted by atomic mass is 28.3. The van der Waals surface area contributed by atoms with Gasteiger partial charge < -0.3 is 4.79 Å². The molecule has 0 fully saturated rings. The largest absolute Gasteiger partial charge is 0.305 e. The highest BCUT2D eigenvalue weighted by molar-refractivity contribution is 7.03. The van der Waals surface area contributed by atoms with E-state index in [0.717, 1.165) is 19.3 Å². The highest BCUT2D eigenvalue weighted by Gasteiger charge is 2.22. The Balaban J connectivity index is 3.82. The average Bonchev–Trinajstić information content (AvgIpc) is 1.99. The third-order valence-electron chi connectivity index (χ3n) is 2.01. The maximum atomic E-state index is 11.6. The number of rotatable bonds is 4. The lowest BCUT2D eigenvalue weighted by molar-refractivity contribution is -0.112. The maximum absolute atomic E-state index is 11.6. The van der Waals surface area contributed by atoms with Crippen LogP contribution in [0.4, 0.5) is 0 Å². The summed E-state index contributed by atoms with van der Waals surface area (Å²) >= 11 is 0. The molecule has 0 aromatic heterocycles. The van der Waals surface area contributed by atoms with E-state index >= 15 is 0 Å². The third-order valence-corrected chi connectivity index (χ3v) is 4.86. The van der Waals surface area contributed by atoms with Gasteiger partial charge in [0.1, 0.15) is 21.6 Å². The molecular weight excluding hydrogens is 216 g/mol. The van der Waals surface area contributed by atoms with Gasteiger partial charge in [-0.25, -0.2) is 0 Å². The smallest absolute Gasteiger partial charge is 0.129 e. The summed E-state index contributed by atoms with van der Waals surface area (Å²) in [6.07, 6.45) is 2.57. The van der Waals surface area contributed by atoms with Crippen LogP contribution in [0, 0.1) is 11.5 Å². The van der Waals surface area contributed by atoms with Crippen molar-refractivity contribution < 1.29 is 4.79 Å². The SMILES string of the molecule is C[Si](C)(C)C#CCCCC(=O)[Si](C)(C)C. The Morgan fingerprint density at radius 2 is 1.60 bits per heavy atom. The van der Waals surface area contributed by atoms with Gasteiger partial charge in [0, 0.05) is 12.8 Å². The maximum Gasteiger partial charge on any atom is 0.129 e. The lowest BCUT2D eigenvalue weighted by Crippen LogP contribution is -2.32. The minimum absolute atomic E-state index is 0.484. The van der Waals surface area contributed by atoms with Crippen LogP contribution in [-0.2, 0) is 4.79 Å². The summed E-state index contributed by atoms with van der Waals surface area (Å²) in [4.78, 5) is 11.6. The molecule has 0 spiro atoms. The van der Waals surface area contributed by atoms with Crippen molar-refractivity contribution in [2.45, 2.75) is 58.5 Å². The van der Waals surface area contributed by atoms with Gasteiger partial charge in [-0.1, -0.05) is 39.3 Å². The first-order valence-electron chi connectivity index (χ1n) is 5.66. The summed E-state index contributed by atoms with van der Waals surface area (Å²) in [6.45, 7) is 13.1. The van der Waals surface area contributed by atoms with E-state index in [0.29, 0.717) is 5.41 Å². The van der Waals surface area contributed by atoms with Gasteiger partial charge in [0.05, 0.1) is 0 Å². The second-order valence-corrected chi connectivity index (χ2v) is 15.9. The van der Waals surface area contributed by atoms with E-state index in [1.807, 2.05) is 0 Å². The van der Waals surface area contributed by atoms with E-state index in [2.05, 4.69) is 50.7 Å². The Labute approximate surface area is 96.7 Å². The molecule has 15 heavy (non-hydrogen) atoms. The zero-order chi connectivity index (χ0) is 12.1. The minimum Gasteiger partial charge on any atom is -0.305 e. The zero-order valence-corrected chi connectivity index (χ0v) is 13.0. The predicted molar refractivity (Wildman–Crippen MR) is 73.3 cm³/mol. The third kappa shape index (κ3) is 8.64. The number of carbonyl (C=O) groups excluding carboxylic acids is 1. The molecule has 0 N–H and O–H groups in total. The molecule has 0 aliphatic carbocycles. The molecule has 0 aromatic carbocycles. The summed E-state index contributed by atoms with van der Waals surface area (Å²) < 4.78 is 0. The molecule has 0 aliphatic heterocycles. The lowest BCUT2D eigenvalue weighted by Gasteiger charge is -2.12. The molecule has 0 unspecified atom stereocenters. The van der Waals surface area contributed by atoms with Gasteiger partial charge >= 0.3 is 0 Å². The first-order chi connectivity index (χ1) is 6.63. The van der Waals surface area contributed by atoms with Gasteiger partial charge in [0.15, 0.2) is 0 Å². The van der Waals surface area contributed by atoms with Gasteiger partial charge in [-0.3, -0.25) is 0 Å². The fourth-order valence-corrected chi connectivity index (χ4v) is 2.62. The van der Waals surface area contributed by atoms with Crippen LogP contribution in [0.25, 0.3) is 0 Å². The molecule has 0 heterocycles. The van der Waals surface area contributed by atoms with Crippen LogP contribution in [0.1, 0.15) is 19.3 Å². The summed E-state index contributed by atoms with van der Waals surface area (Å²) in [7, 11) is -2.74. The van der Waals surface area contributed by atoms with Crippen LogP contribution in [-0.4, -0.2) is 21.6 Å². The van der Waals surface area contributed by atoms with Crippen molar-refractivity contribution in [3.05, 3.63) is 0 Å². The standard InChI is InChI=1S/C12H24OSi2/c1-14(2,3)11-9-7-8-10-12(13)15(4,5)6/h7-8,10H2,1-6H3. The number of unbranched alkanes of at least 4 members (excludes halogenated alkanes) is 1. The fourth-order valence-electron chi connectivity index (χ4n) is 1.04. The van der Waals surface area contributed by atoms with Gasteiger partial charge in [0.25, 0.3) is 0 Å². The quantitative estimate of drug-likeness (QED) is 0.418. The van der Waals surface area contributed by atoms with E-state index in [9.17, 15) is 4.79 Å². The van der Waals surface area contributed by atoms with E-state index in [4.69, 9.17) is 0 Å².